The molecular weight excluding hydrogens is 264 g/mol. The molecule has 4 heteroatoms. The van der Waals surface area contributed by atoms with E-state index < -0.39 is 0 Å². The van der Waals surface area contributed by atoms with Crippen molar-refractivity contribution in [3.63, 3.8) is 0 Å². The molecule has 0 bridgehead atoms. The second kappa shape index (κ2) is 7.46. The van der Waals surface area contributed by atoms with E-state index in [4.69, 9.17) is 4.74 Å². The minimum absolute atomic E-state index is 0.0983. The van der Waals surface area contributed by atoms with Gasteiger partial charge in [0.2, 0.25) is 5.91 Å². The third-order valence-electron chi connectivity index (χ3n) is 3.84. The number of ether oxygens (including phenoxy) is 1. The highest BCUT2D eigenvalue weighted by molar-refractivity contribution is 5.78. The Kier molecular flexibility index (Phi) is 5.62. The predicted octanol–water partition coefficient (Wildman–Crippen LogP) is 2.17. The number of nitrogens with zero attached hydrogens (tertiary/aromatic N) is 2. The fourth-order valence-corrected chi connectivity index (χ4v) is 2.55. The van der Waals surface area contributed by atoms with E-state index in [0.717, 1.165) is 38.5 Å². The summed E-state index contributed by atoms with van der Waals surface area (Å²) in [6.45, 7) is 11.2. The lowest BCUT2D eigenvalue weighted by Crippen LogP contribution is -2.50. The van der Waals surface area contributed by atoms with Gasteiger partial charge in [-0.3, -0.25) is 9.69 Å². The topological polar surface area (TPSA) is 32.8 Å². The Morgan fingerprint density at radius 2 is 1.95 bits per heavy atom. The van der Waals surface area contributed by atoms with Gasteiger partial charge in [-0.2, -0.15) is 0 Å². The zero-order valence-electron chi connectivity index (χ0n) is 13.3. The third kappa shape index (κ3) is 4.74. The molecule has 1 aromatic carbocycles. The minimum atomic E-state index is 0.0983. The zero-order valence-corrected chi connectivity index (χ0v) is 13.3. The Morgan fingerprint density at radius 1 is 1.24 bits per heavy atom. The molecule has 0 N–H and O–H groups in total. The Hall–Kier alpha value is -1.55. The van der Waals surface area contributed by atoms with Crippen LogP contribution in [0.3, 0.4) is 0 Å². The highest BCUT2D eigenvalue weighted by Gasteiger charge is 2.22. The third-order valence-corrected chi connectivity index (χ3v) is 3.84. The maximum absolute atomic E-state index is 11.9. The fraction of sp³-hybridized carbons (Fsp3) is 0.588. The van der Waals surface area contributed by atoms with Crippen molar-refractivity contribution in [2.75, 3.05) is 39.3 Å². The molecule has 4 nitrogen and oxygen atoms in total. The van der Waals surface area contributed by atoms with E-state index in [9.17, 15) is 4.79 Å². The highest BCUT2D eigenvalue weighted by Crippen LogP contribution is 2.12. The monoisotopic (exact) mass is 290 g/mol. The van der Waals surface area contributed by atoms with E-state index in [1.54, 1.807) is 0 Å². The smallest absolute Gasteiger partial charge is 0.225 e. The normalized spacial score (nSPS) is 16.3. The predicted molar refractivity (Wildman–Crippen MR) is 84.5 cm³/mol. The number of aryl methyl sites for hydroxylation is 1. The van der Waals surface area contributed by atoms with Crippen molar-refractivity contribution in [2.24, 2.45) is 5.92 Å². The molecule has 21 heavy (non-hydrogen) atoms. The van der Waals surface area contributed by atoms with Crippen molar-refractivity contribution in [2.45, 2.75) is 20.8 Å². The number of carbonyl (C=O) groups excluding carboxylic acids is 1. The van der Waals surface area contributed by atoms with Crippen LogP contribution in [-0.4, -0.2) is 55.0 Å². The molecule has 116 valence electrons. The number of piperazine rings is 1. The highest BCUT2D eigenvalue weighted by atomic mass is 16.5. The van der Waals surface area contributed by atoms with Crippen LogP contribution in [0.2, 0.25) is 0 Å². The summed E-state index contributed by atoms with van der Waals surface area (Å²) >= 11 is 0. The largest absolute Gasteiger partial charge is 0.492 e. The number of carbonyl (C=O) groups is 1. The van der Waals surface area contributed by atoms with Gasteiger partial charge in [0.1, 0.15) is 12.4 Å². The van der Waals surface area contributed by atoms with Gasteiger partial charge in [0.05, 0.1) is 0 Å². The molecule has 0 radical (unpaired) electrons. The van der Waals surface area contributed by atoms with Gasteiger partial charge >= 0.3 is 0 Å². The van der Waals surface area contributed by atoms with E-state index in [1.165, 1.54) is 5.56 Å². The first-order valence-corrected chi connectivity index (χ1v) is 7.77. The van der Waals surface area contributed by atoms with Gasteiger partial charge in [0.15, 0.2) is 0 Å². The second-order valence-electron chi connectivity index (χ2n) is 5.99. The lowest BCUT2D eigenvalue weighted by Gasteiger charge is -2.35. The van der Waals surface area contributed by atoms with Gasteiger partial charge in [0, 0.05) is 38.6 Å². The number of rotatable bonds is 5. The average molecular weight is 290 g/mol. The molecule has 1 aliphatic heterocycles. The molecule has 0 aromatic heterocycles. The van der Waals surface area contributed by atoms with Crippen LogP contribution >= 0.6 is 0 Å². The molecular formula is C17H26N2O2. The molecule has 1 amide bonds. The van der Waals surface area contributed by atoms with E-state index in [0.29, 0.717) is 6.61 Å². The van der Waals surface area contributed by atoms with Crippen LogP contribution in [0.25, 0.3) is 0 Å². The van der Waals surface area contributed by atoms with Crippen molar-refractivity contribution in [1.29, 1.82) is 0 Å². The Bertz CT molecular complexity index is 466. The molecule has 2 rings (SSSR count). The molecule has 0 spiro atoms. The van der Waals surface area contributed by atoms with Crippen LogP contribution in [0.1, 0.15) is 19.4 Å². The summed E-state index contributed by atoms with van der Waals surface area (Å²) in [7, 11) is 0. The molecule has 1 saturated heterocycles. The van der Waals surface area contributed by atoms with Crippen LogP contribution in [0, 0.1) is 12.8 Å². The number of amides is 1. The first-order chi connectivity index (χ1) is 10.1. The number of hydrogen-bond acceptors (Lipinski definition) is 3. The van der Waals surface area contributed by atoms with Gasteiger partial charge in [-0.05, 0) is 24.6 Å². The summed E-state index contributed by atoms with van der Waals surface area (Å²) in [4.78, 5) is 16.3. The molecule has 0 saturated carbocycles. The van der Waals surface area contributed by atoms with Crippen molar-refractivity contribution in [1.82, 2.24) is 9.80 Å². The van der Waals surface area contributed by atoms with Gasteiger partial charge in [0.25, 0.3) is 0 Å². The van der Waals surface area contributed by atoms with Gasteiger partial charge in [-0.15, -0.1) is 0 Å². The van der Waals surface area contributed by atoms with Gasteiger partial charge < -0.3 is 9.64 Å². The molecule has 1 fully saturated rings. The average Bonchev–Trinajstić information content (AvgIpc) is 2.47. The zero-order chi connectivity index (χ0) is 15.2. The molecule has 1 aliphatic rings. The number of hydrogen-bond donors (Lipinski definition) is 0. The van der Waals surface area contributed by atoms with E-state index in [1.807, 2.05) is 30.9 Å². The fourth-order valence-electron chi connectivity index (χ4n) is 2.55. The second-order valence-corrected chi connectivity index (χ2v) is 5.99. The van der Waals surface area contributed by atoms with Gasteiger partial charge in [-0.1, -0.05) is 26.0 Å². The van der Waals surface area contributed by atoms with Crippen molar-refractivity contribution >= 4 is 5.91 Å². The quantitative estimate of drug-likeness (QED) is 0.833. The molecule has 1 aromatic rings. The Morgan fingerprint density at radius 3 is 2.57 bits per heavy atom. The summed E-state index contributed by atoms with van der Waals surface area (Å²) < 4.78 is 5.78. The summed E-state index contributed by atoms with van der Waals surface area (Å²) in [5.41, 5.74) is 1.22. The standard InChI is InChI=1S/C17H26N2O2/c1-14(2)17(20)19-9-7-18(8-10-19)11-12-21-16-6-4-5-15(3)13-16/h4-6,13-14H,7-12H2,1-3H3. The van der Waals surface area contributed by atoms with E-state index in [2.05, 4.69) is 24.0 Å². The Labute approximate surface area is 127 Å². The van der Waals surface area contributed by atoms with E-state index >= 15 is 0 Å². The van der Waals surface area contributed by atoms with Crippen molar-refractivity contribution < 1.29 is 9.53 Å². The lowest BCUT2D eigenvalue weighted by molar-refractivity contribution is -0.136. The maximum Gasteiger partial charge on any atom is 0.225 e. The first kappa shape index (κ1) is 15.8. The Balaban J connectivity index is 1.68. The summed E-state index contributed by atoms with van der Waals surface area (Å²) in [5.74, 6) is 1.30. The molecule has 0 aliphatic carbocycles. The van der Waals surface area contributed by atoms with Crippen LogP contribution in [-0.2, 0) is 4.79 Å². The maximum atomic E-state index is 11.9. The molecule has 0 unspecified atom stereocenters. The van der Waals surface area contributed by atoms with Crippen molar-refractivity contribution in [3.8, 4) is 5.75 Å². The summed E-state index contributed by atoms with van der Waals surface area (Å²) in [6, 6.07) is 8.13. The molecule has 0 atom stereocenters. The van der Waals surface area contributed by atoms with E-state index in [-0.39, 0.29) is 11.8 Å². The lowest BCUT2D eigenvalue weighted by atomic mass is 10.1. The van der Waals surface area contributed by atoms with Crippen LogP contribution in [0.15, 0.2) is 24.3 Å². The van der Waals surface area contributed by atoms with Crippen molar-refractivity contribution in [3.05, 3.63) is 29.8 Å². The SMILES string of the molecule is Cc1cccc(OCCN2CCN(C(=O)C(C)C)CC2)c1. The number of benzene rings is 1. The summed E-state index contributed by atoms with van der Waals surface area (Å²) in [6.07, 6.45) is 0. The molecule has 1 heterocycles. The minimum Gasteiger partial charge on any atom is -0.492 e. The van der Waals surface area contributed by atoms with Crippen LogP contribution < -0.4 is 4.74 Å². The first-order valence-electron chi connectivity index (χ1n) is 7.77. The van der Waals surface area contributed by atoms with Gasteiger partial charge in [-0.25, -0.2) is 0 Å². The van der Waals surface area contributed by atoms with Crippen LogP contribution in [0.4, 0.5) is 0 Å². The van der Waals surface area contributed by atoms with Crippen LogP contribution in [0.5, 0.6) is 5.75 Å². The summed E-state index contributed by atoms with van der Waals surface area (Å²) in [5, 5.41) is 0.